The van der Waals surface area contributed by atoms with Gasteiger partial charge in [-0.25, -0.2) is 0 Å². The van der Waals surface area contributed by atoms with Crippen molar-refractivity contribution >= 4 is 0 Å². The van der Waals surface area contributed by atoms with Crippen LogP contribution in [0.5, 0.6) is 0 Å². The fraction of sp³-hybridized carbons (Fsp3) is 0.385. The van der Waals surface area contributed by atoms with Gasteiger partial charge in [0.1, 0.15) is 0 Å². The number of nitrogens with one attached hydrogen (secondary N) is 1. The Balaban J connectivity index is 2.73. The predicted molar refractivity (Wildman–Crippen MR) is 61.3 cm³/mol. The molecule has 0 heterocycles. The van der Waals surface area contributed by atoms with Crippen molar-refractivity contribution in [3.8, 4) is 11.8 Å². The van der Waals surface area contributed by atoms with Gasteiger partial charge >= 0.3 is 0 Å². The van der Waals surface area contributed by atoms with E-state index in [9.17, 15) is 0 Å². The quantitative estimate of drug-likeness (QED) is 0.553. The summed E-state index contributed by atoms with van der Waals surface area (Å²) in [4.78, 5) is 0. The number of rotatable bonds is 2. The zero-order chi connectivity index (χ0) is 10.4. The predicted octanol–water partition coefficient (Wildman–Crippen LogP) is 2.26. The average molecular weight is 187 g/mol. The lowest BCUT2D eigenvalue weighted by Gasteiger charge is -1.99. The Morgan fingerprint density at radius 3 is 2.79 bits per heavy atom. The molecular formula is C13H17N. The highest BCUT2D eigenvalue weighted by molar-refractivity contribution is 5.43. The highest BCUT2D eigenvalue weighted by Gasteiger charge is 1.93. The molecule has 74 valence electrons. The van der Waals surface area contributed by atoms with Crippen molar-refractivity contribution in [2.45, 2.75) is 20.8 Å². The third-order valence-corrected chi connectivity index (χ3v) is 2.08. The van der Waals surface area contributed by atoms with E-state index in [-0.39, 0.29) is 0 Å². The molecule has 1 aromatic rings. The zero-order valence-electron chi connectivity index (χ0n) is 9.15. The fourth-order valence-corrected chi connectivity index (χ4v) is 1.20. The van der Waals surface area contributed by atoms with Gasteiger partial charge in [-0.05, 0) is 37.6 Å². The van der Waals surface area contributed by atoms with Crippen molar-refractivity contribution in [3.63, 3.8) is 0 Å². The minimum Gasteiger partial charge on any atom is -0.306 e. The number of aryl methyl sites for hydroxylation is 2. The molecular weight excluding hydrogens is 170 g/mol. The van der Waals surface area contributed by atoms with Crippen LogP contribution in [0.1, 0.15) is 23.6 Å². The molecule has 0 aliphatic heterocycles. The van der Waals surface area contributed by atoms with Crippen molar-refractivity contribution in [1.82, 2.24) is 5.32 Å². The van der Waals surface area contributed by atoms with Crippen LogP contribution in [0, 0.1) is 25.7 Å². The average Bonchev–Trinajstić information content (AvgIpc) is 2.18. The fourth-order valence-electron chi connectivity index (χ4n) is 1.20. The van der Waals surface area contributed by atoms with Gasteiger partial charge in [-0.3, -0.25) is 0 Å². The Kier molecular flexibility index (Phi) is 4.22. The third-order valence-electron chi connectivity index (χ3n) is 2.08. The minimum atomic E-state index is 0.768. The molecule has 1 rings (SSSR count). The molecule has 1 N–H and O–H groups in total. The van der Waals surface area contributed by atoms with Crippen LogP contribution in [0.4, 0.5) is 0 Å². The monoisotopic (exact) mass is 187 g/mol. The van der Waals surface area contributed by atoms with Gasteiger partial charge in [-0.1, -0.05) is 30.9 Å². The maximum Gasteiger partial charge on any atom is 0.0580 e. The van der Waals surface area contributed by atoms with Crippen molar-refractivity contribution in [3.05, 3.63) is 34.9 Å². The molecule has 1 heteroatoms. The second-order valence-corrected chi connectivity index (χ2v) is 3.40. The number of hydrogen-bond acceptors (Lipinski definition) is 1. The van der Waals surface area contributed by atoms with E-state index in [1.54, 1.807) is 0 Å². The van der Waals surface area contributed by atoms with Crippen LogP contribution in [0.25, 0.3) is 0 Å². The van der Waals surface area contributed by atoms with Gasteiger partial charge in [-0.15, -0.1) is 0 Å². The normalized spacial score (nSPS) is 9.36. The van der Waals surface area contributed by atoms with Gasteiger partial charge in [0.15, 0.2) is 0 Å². The van der Waals surface area contributed by atoms with E-state index in [1.165, 1.54) is 11.1 Å². The Morgan fingerprint density at radius 2 is 2.07 bits per heavy atom. The first-order valence-electron chi connectivity index (χ1n) is 5.01. The summed E-state index contributed by atoms with van der Waals surface area (Å²) >= 11 is 0. The van der Waals surface area contributed by atoms with Crippen molar-refractivity contribution in [2.75, 3.05) is 13.1 Å². The zero-order valence-corrected chi connectivity index (χ0v) is 9.15. The first-order valence-corrected chi connectivity index (χ1v) is 5.01. The van der Waals surface area contributed by atoms with E-state index in [0.29, 0.717) is 0 Å². The molecule has 0 aromatic heterocycles. The highest BCUT2D eigenvalue weighted by atomic mass is 14.8. The molecule has 0 fully saturated rings. The molecule has 0 atom stereocenters. The van der Waals surface area contributed by atoms with E-state index >= 15 is 0 Å². The third kappa shape index (κ3) is 3.24. The minimum absolute atomic E-state index is 0.768. The molecule has 0 bridgehead atoms. The maximum absolute atomic E-state index is 3.18. The van der Waals surface area contributed by atoms with Gasteiger partial charge in [-0.2, -0.15) is 0 Å². The summed E-state index contributed by atoms with van der Waals surface area (Å²) in [5.74, 6) is 6.29. The van der Waals surface area contributed by atoms with Gasteiger partial charge in [0.2, 0.25) is 0 Å². The molecule has 0 amide bonds. The lowest BCUT2D eigenvalue weighted by Crippen LogP contribution is -2.11. The van der Waals surface area contributed by atoms with Gasteiger partial charge < -0.3 is 5.32 Å². The summed E-state index contributed by atoms with van der Waals surface area (Å²) in [6, 6.07) is 6.37. The highest BCUT2D eigenvalue weighted by Crippen LogP contribution is 2.08. The lowest BCUT2D eigenvalue weighted by molar-refractivity contribution is 0.811. The molecule has 0 unspecified atom stereocenters. The van der Waals surface area contributed by atoms with Gasteiger partial charge in [0, 0.05) is 5.56 Å². The first kappa shape index (κ1) is 10.8. The largest absolute Gasteiger partial charge is 0.306 e. The Bertz CT molecular complexity index is 355. The lowest BCUT2D eigenvalue weighted by atomic mass is 10.1. The van der Waals surface area contributed by atoms with Crippen molar-refractivity contribution in [2.24, 2.45) is 0 Å². The summed E-state index contributed by atoms with van der Waals surface area (Å²) in [6.07, 6.45) is 0. The Morgan fingerprint density at radius 1 is 1.29 bits per heavy atom. The smallest absolute Gasteiger partial charge is 0.0580 e. The van der Waals surface area contributed by atoms with Crippen LogP contribution in [0.15, 0.2) is 18.2 Å². The van der Waals surface area contributed by atoms with Crippen molar-refractivity contribution in [1.29, 1.82) is 0 Å². The summed E-state index contributed by atoms with van der Waals surface area (Å²) < 4.78 is 0. The number of benzene rings is 1. The van der Waals surface area contributed by atoms with Crippen LogP contribution < -0.4 is 5.32 Å². The Hall–Kier alpha value is -1.26. The maximum atomic E-state index is 3.18. The molecule has 1 aromatic carbocycles. The molecule has 0 aliphatic carbocycles. The molecule has 0 aliphatic rings. The van der Waals surface area contributed by atoms with Crippen LogP contribution >= 0.6 is 0 Å². The summed E-state index contributed by atoms with van der Waals surface area (Å²) in [6.45, 7) is 8.01. The van der Waals surface area contributed by atoms with Crippen LogP contribution in [-0.2, 0) is 0 Å². The molecule has 1 nitrogen and oxygen atoms in total. The topological polar surface area (TPSA) is 12.0 Å². The summed E-state index contributed by atoms with van der Waals surface area (Å²) in [5.41, 5.74) is 3.66. The van der Waals surface area contributed by atoms with Gasteiger partial charge in [0.05, 0.1) is 6.54 Å². The van der Waals surface area contributed by atoms with Crippen molar-refractivity contribution < 1.29 is 0 Å². The van der Waals surface area contributed by atoms with E-state index in [0.717, 1.165) is 18.7 Å². The van der Waals surface area contributed by atoms with Gasteiger partial charge in [0.25, 0.3) is 0 Å². The second-order valence-electron chi connectivity index (χ2n) is 3.40. The summed E-state index contributed by atoms with van der Waals surface area (Å²) in [5, 5.41) is 3.18. The Labute approximate surface area is 86.5 Å². The second kappa shape index (κ2) is 5.47. The SMILES string of the molecule is CCNCC#Cc1cc(C)ccc1C. The van der Waals surface area contributed by atoms with Crippen LogP contribution in [0.3, 0.4) is 0 Å². The number of hydrogen-bond donors (Lipinski definition) is 1. The molecule has 0 radical (unpaired) electrons. The summed E-state index contributed by atoms with van der Waals surface area (Å²) in [7, 11) is 0. The first-order chi connectivity index (χ1) is 6.74. The van der Waals surface area contributed by atoms with E-state index in [4.69, 9.17) is 0 Å². The standard InChI is InChI=1S/C13H17N/c1-4-14-9-5-6-13-10-11(2)7-8-12(13)3/h7-8,10,14H,4,9H2,1-3H3. The van der Waals surface area contributed by atoms with E-state index < -0.39 is 0 Å². The molecule has 0 saturated heterocycles. The molecule has 0 saturated carbocycles. The van der Waals surface area contributed by atoms with E-state index in [2.05, 4.69) is 56.1 Å². The van der Waals surface area contributed by atoms with E-state index in [1.807, 2.05) is 0 Å². The molecule has 14 heavy (non-hydrogen) atoms. The van der Waals surface area contributed by atoms with Crippen LogP contribution in [-0.4, -0.2) is 13.1 Å². The van der Waals surface area contributed by atoms with Crippen LogP contribution in [0.2, 0.25) is 0 Å². The molecule has 0 spiro atoms.